The van der Waals surface area contributed by atoms with Crippen molar-refractivity contribution in [2.45, 2.75) is 58.2 Å². The molecule has 0 bridgehead atoms. The Morgan fingerprint density at radius 1 is 0.972 bits per heavy atom. The molecule has 2 aliphatic heterocycles. The molecule has 36 heavy (non-hydrogen) atoms. The van der Waals surface area contributed by atoms with E-state index in [0.29, 0.717) is 35.3 Å². The van der Waals surface area contributed by atoms with Gasteiger partial charge in [-0.1, -0.05) is 32.4 Å². The Morgan fingerprint density at radius 3 is 1.89 bits per heavy atom. The van der Waals surface area contributed by atoms with Crippen LogP contribution in [0.5, 0.6) is 0 Å². The zero-order chi connectivity index (χ0) is 27.1. The standard InChI is InChI=1S/C26H37ClF3N3O3/c1-24(2,3)25(36,26(28,29)30)23(35)33-14-10-18(11-15-33)17-8-12-32(13-9-17)19-6-7-20(21(27)16-19)22(34)31(4)5/h6-7,16-18,36H,8-15H2,1-5H3. The van der Waals surface area contributed by atoms with E-state index in [4.69, 9.17) is 11.6 Å². The average molecular weight is 532 g/mol. The van der Waals surface area contributed by atoms with Crippen molar-refractivity contribution < 1.29 is 27.9 Å². The fourth-order valence-corrected chi connectivity index (χ4v) is 5.67. The lowest BCUT2D eigenvalue weighted by molar-refractivity contribution is -0.285. The largest absolute Gasteiger partial charge is 0.426 e. The van der Waals surface area contributed by atoms with Gasteiger partial charge in [0.2, 0.25) is 5.60 Å². The van der Waals surface area contributed by atoms with Gasteiger partial charge in [0.25, 0.3) is 11.8 Å². The first-order valence-electron chi connectivity index (χ1n) is 12.4. The number of nitrogens with zero attached hydrogens (tertiary/aromatic N) is 3. The number of carbonyl (C=O) groups excluding carboxylic acids is 2. The SMILES string of the molecule is CN(C)C(=O)c1ccc(N2CCC(C3CCN(C(=O)C(O)(C(C)(C)C)C(F)(F)F)CC3)CC2)cc1Cl. The van der Waals surface area contributed by atoms with E-state index in [0.717, 1.165) is 31.6 Å². The van der Waals surface area contributed by atoms with Crippen molar-refractivity contribution in [3.8, 4) is 0 Å². The Balaban J connectivity index is 1.57. The molecule has 1 aromatic rings. The summed E-state index contributed by atoms with van der Waals surface area (Å²) >= 11 is 6.37. The smallest absolute Gasteiger partial charge is 0.372 e. The van der Waals surface area contributed by atoms with Crippen LogP contribution in [0.3, 0.4) is 0 Å². The minimum Gasteiger partial charge on any atom is -0.372 e. The van der Waals surface area contributed by atoms with E-state index < -0.39 is 23.1 Å². The summed E-state index contributed by atoms with van der Waals surface area (Å²) in [6.07, 6.45) is -1.93. The van der Waals surface area contributed by atoms with E-state index in [2.05, 4.69) is 4.90 Å². The van der Waals surface area contributed by atoms with Crippen LogP contribution >= 0.6 is 11.6 Å². The molecule has 2 aliphatic rings. The Kier molecular flexibility index (Phi) is 8.25. The summed E-state index contributed by atoms with van der Waals surface area (Å²) in [5.41, 5.74) is -3.66. The monoisotopic (exact) mass is 531 g/mol. The maximum Gasteiger partial charge on any atom is 0.426 e. The molecule has 0 aliphatic carbocycles. The molecule has 10 heteroatoms. The lowest BCUT2D eigenvalue weighted by Crippen LogP contribution is -2.65. The van der Waals surface area contributed by atoms with Crippen LogP contribution in [0.4, 0.5) is 18.9 Å². The molecule has 1 atom stereocenters. The number of benzene rings is 1. The normalized spacial score (nSPS) is 20.3. The summed E-state index contributed by atoms with van der Waals surface area (Å²) in [7, 11) is 3.36. The number of piperidine rings is 2. The molecule has 0 saturated carbocycles. The molecule has 0 aromatic heterocycles. The molecule has 0 radical (unpaired) electrons. The molecule has 2 saturated heterocycles. The minimum absolute atomic E-state index is 0.147. The second kappa shape index (κ2) is 10.4. The van der Waals surface area contributed by atoms with Gasteiger partial charge in [-0.3, -0.25) is 9.59 Å². The van der Waals surface area contributed by atoms with Gasteiger partial charge < -0.3 is 19.8 Å². The second-order valence-corrected chi connectivity index (χ2v) is 11.7. The molecule has 202 valence electrons. The van der Waals surface area contributed by atoms with Crippen LogP contribution in [0, 0.1) is 17.3 Å². The lowest BCUT2D eigenvalue weighted by Gasteiger charge is -2.45. The number of amides is 2. The highest BCUT2D eigenvalue weighted by molar-refractivity contribution is 6.34. The number of alkyl halides is 3. The first-order chi connectivity index (χ1) is 16.6. The maximum absolute atomic E-state index is 13.7. The quantitative estimate of drug-likeness (QED) is 0.604. The van der Waals surface area contributed by atoms with E-state index >= 15 is 0 Å². The van der Waals surface area contributed by atoms with Crippen LogP contribution < -0.4 is 4.90 Å². The van der Waals surface area contributed by atoms with Gasteiger partial charge in [0.05, 0.1) is 10.6 Å². The Morgan fingerprint density at radius 2 is 1.47 bits per heavy atom. The van der Waals surface area contributed by atoms with Crippen molar-refractivity contribution in [1.29, 1.82) is 0 Å². The molecule has 0 spiro atoms. The van der Waals surface area contributed by atoms with Gasteiger partial charge in [0, 0.05) is 51.4 Å². The van der Waals surface area contributed by atoms with Crippen LogP contribution in [0.15, 0.2) is 18.2 Å². The third kappa shape index (κ3) is 5.47. The summed E-state index contributed by atoms with van der Waals surface area (Å²) < 4.78 is 41.2. The number of halogens is 4. The molecule has 2 fully saturated rings. The fraction of sp³-hybridized carbons (Fsp3) is 0.692. The minimum atomic E-state index is -5.05. The number of likely N-dealkylation sites (tertiary alicyclic amines) is 1. The number of anilines is 1. The van der Waals surface area contributed by atoms with Crippen molar-refractivity contribution in [2.75, 3.05) is 45.2 Å². The third-order valence-electron chi connectivity index (χ3n) is 7.79. The molecule has 2 amide bonds. The summed E-state index contributed by atoms with van der Waals surface area (Å²) in [5, 5.41) is 10.9. The maximum atomic E-state index is 13.7. The zero-order valence-electron chi connectivity index (χ0n) is 21.7. The third-order valence-corrected chi connectivity index (χ3v) is 8.11. The molecule has 1 aromatic carbocycles. The van der Waals surface area contributed by atoms with Crippen molar-refractivity contribution in [3.63, 3.8) is 0 Å². The highest BCUT2D eigenvalue weighted by Crippen LogP contribution is 2.45. The molecule has 6 nitrogen and oxygen atoms in total. The summed E-state index contributed by atoms with van der Waals surface area (Å²) in [4.78, 5) is 30.0. The van der Waals surface area contributed by atoms with Crippen molar-refractivity contribution in [3.05, 3.63) is 28.8 Å². The number of rotatable bonds is 4. The van der Waals surface area contributed by atoms with E-state index in [9.17, 15) is 27.9 Å². The number of aliphatic hydroxyl groups is 1. The first kappa shape index (κ1) is 28.6. The average Bonchev–Trinajstić information content (AvgIpc) is 2.81. The molecule has 2 heterocycles. The van der Waals surface area contributed by atoms with Crippen LogP contribution in [0.1, 0.15) is 56.8 Å². The van der Waals surface area contributed by atoms with Crippen LogP contribution in [-0.2, 0) is 4.79 Å². The summed E-state index contributed by atoms with van der Waals surface area (Å²) in [6, 6.07) is 5.47. The van der Waals surface area contributed by atoms with Gasteiger partial charge in [-0.25, -0.2) is 0 Å². The Bertz CT molecular complexity index is 947. The highest BCUT2D eigenvalue weighted by Gasteiger charge is 2.67. The highest BCUT2D eigenvalue weighted by atomic mass is 35.5. The van der Waals surface area contributed by atoms with E-state index in [1.165, 1.54) is 30.6 Å². The van der Waals surface area contributed by atoms with E-state index in [1.54, 1.807) is 20.2 Å². The Labute approximate surface area is 216 Å². The number of carbonyl (C=O) groups is 2. The van der Waals surface area contributed by atoms with Crippen molar-refractivity contribution >= 4 is 29.1 Å². The van der Waals surface area contributed by atoms with Gasteiger partial charge >= 0.3 is 6.18 Å². The predicted molar refractivity (Wildman–Crippen MR) is 134 cm³/mol. The molecule has 1 unspecified atom stereocenters. The fourth-order valence-electron chi connectivity index (χ4n) is 5.41. The van der Waals surface area contributed by atoms with Crippen molar-refractivity contribution in [2.24, 2.45) is 17.3 Å². The van der Waals surface area contributed by atoms with Crippen LogP contribution in [0.2, 0.25) is 5.02 Å². The molecular formula is C26H37ClF3N3O3. The zero-order valence-corrected chi connectivity index (χ0v) is 22.4. The van der Waals surface area contributed by atoms with Crippen molar-refractivity contribution in [1.82, 2.24) is 9.80 Å². The summed E-state index contributed by atoms with van der Waals surface area (Å²) in [6.45, 7) is 5.78. The van der Waals surface area contributed by atoms with Gasteiger partial charge in [-0.2, -0.15) is 13.2 Å². The topological polar surface area (TPSA) is 64.1 Å². The molecular weight excluding hydrogens is 495 g/mol. The first-order valence-corrected chi connectivity index (χ1v) is 12.8. The number of hydrogen-bond donors (Lipinski definition) is 1. The van der Waals surface area contributed by atoms with Gasteiger partial charge in [-0.15, -0.1) is 0 Å². The van der Waals surface area contributed by atoms with Gasteiger partial charge in [0.1, 0.15) is 0 Å². The van der Waals surface area contributed by atoms with Gasteiger partial charge in [0.15, 0.2) is 0 Å². The lowest BCUT2D eigenvalue weighted by atomic mass is 9.74. The van der Waals surface area contributed by atoms with Gasteiger partial charge in [-0.05, 0) is 55.7 Å². The van der Waals surface area contributed by atoms with Crippen LogP contribution in [0.25, 0.3) is 0 Å². The van der Waals surface area contributed by atoms with E-state index in [1.807, 2.05) is 12.1 Å². The molecule has 1 N–H and O–H groups in total. The predicted octanol–water partition coefficient (Wildman–Crippen LogP) is 4.84. The second-order valence-electron chi connectivity index (χ2n) is 11.3. The summed E-state index contributed by atoms with van der Waals surface area (Å²) in [5.74, 6) is -0.642. The van der Waals surface area contributed by atoms with Crippen LogP contribution in [-0.4, -0.2) is 78.8 Å². The Hall–Kier alpha value is -2.00. The van der Waals surface area contributed by atoms with E-state index in [-0.39, 0.29) is 19.0 Å². The molecule has 3 rings (SSSR count). The number of hydrogen-bond acceptors (Lipinski definition) is 4.